The number of pyridine rings is 1. The average Bonchev–Trinajstić information content (AvgIpc) is 3.03. The monoisotopic (exact) mass is 356 g/mol. The van der Waals surface area contributed by atoms with E-state index in [1.54, 1.807) is 4.90 Å². The van der Waals surface area contributed by atoms with E-state index in [0.717, 1.165) is 40.6 Å². The van der Waals surface area contributed by atoms with E-state index in [1.807, 2.05) is 52.8 Å². The second-order valence-corrected chi connectivity index (χ2v) is 8.14. The van der Waals surface area contributed by atoms with Crippen LogP contribution in [0.5, 0.6) is 0 Å². The lowest BCUT2D eigenvalue weighted by molar-refractivity contribution is 0.00509. The smallest absolute Gasteiger partial charge is 0.410 e. The van der Waals surface area contributed by atoms with E-state index in [9.17, 15) is 9.90 Å². The fraction of sp³-hybridized carbons (Fsp3) is 0.524. The highest BCUT2D eigenvalue weighted by atomic mass is 16.6. The van der Waals surface area contributed by atoms with Crippen molar-refractivity contribution < 1.29 is 14.6 Å². The van der Waals surface area contributed by atoms with Crippen LogP contribution in [-0.4, -0.2) is 39.3 Å². The number of ether oxygens (including phenoxy) is 1. The molecule has 0 spiro atoms. The molecule has 0 bridgehead atoms. The van der Waals surface area contributed by atoms with Crippen LogP contribution in [0, 0.1) is 13.8 Å². The zero-order valence-electron chi connectivity index (χ0n) is 16.2. The molecule has 1 N–H and O–H groups in total. The Kier molecular flexibility index (Phi) is 4.93. The number of aliphatic hydroxyl groups is 1. The number of fused-ring (bicyclic) bond motifs is 1. The van der Waals surface area contributed by atoms with Crippen molar-refractivity contribution in [2.24, 2.45) is 0 Å². The summed E-state index contributed by atoms with van der Waals surface area (Å²) in [5.41, 5.74) is 3.10. The minimum atomic E-state index is -0.789. The first-order valence-electron chi connectivity index (χ1n) is 9.22. The van der Waals surface area contributed by atoms with Crippen LogP contribution in [0.2, 0.25) is 0 Å². The zero-order valence-corrected chi connectivity index (χ0v) is 16.2. The third-order valence-corrected chi connectivity index (χ3v) is 4.93. The molecule has 5 nitrogen and oxygen atoms in total. The first-order valence-corrected chi connectivity index (χ1v) is 9.22. The van der Waals surface area contributed by atoms with Crippen molar-refractivity contribution in [1.29, 1.82) is 0 Å². The maximum absolute atomic E-state index is 12.5. The van der Waals surface area contributed by atoms with Gasteiger partial charge in [-0.3, -0.25) is 4.98 Å². The second-order valence-electron chi connectivity index (χ2n) is 8.14. The van der Waals surface area contributed by atoms with Crippen molar-refractivity contribution in [3.8, 4) is 0 Å². The molecule has 1 fully saturated rings. The number of para-hydroxylation sites is 1. The Bertz CT molecular complexity index is 826. The lowest BCUT2D eigenvalue weighted by Crippen LogP contribution is -2.42. The average molecular weight is 356 g/mol. The number of rotatable bonds is 2. The van der Waals surface area contributed by atoms with Gasteiger partial charge in [-0.05, 0) is 59.1 Å². The largest absolute Gasteiger partial charge is 0.444 e. The quantitative estimate of drug-likeness (QED) is 0.872. The number of carbonyl (C=O) groups excluding carboxylic acids is 1. The third kappa shape index (κ3) is 3.68. The van der Waals surface area contributed by atoms with E-state index in [0.29, 0.717) is 6.54 Å². The fourth-order valence-corrected chi connectivity index (χ4v) is 3.53. The van der Waals surface area contributed by atoms with Crippen LogP contribution < -0.4 is 0 Å². The minimum Gasteiger partial charge on any atom is -0.444 e. The molecule has 140 valence electrons. The highest BCUT2D eigenvalue weighted by molar-refractivity contribution is 5.83. The molecular weight excluding hydrogens is 328 g/mol. The number of likely N-dealkylation sites (tertiary alicyclic amines) is 1. The van der Waals surface area contributed by atoms with Crippen molar-refractivity contribution in [1.82, 2.24) is 9.88 Å². The number of nitrogens with zero attached hydrogens (tertiary/aromatic N) is 2. The molecule has 1 aromatic heterocycles. The summed E-state index contributed by atoms with van der Waals surface area (Å²) in [6.45, 7) is 10.2. The Morgan fingerprint density at radius 3 is 2.77 bits per heavy atom. The minimum absolute atomic E-state index is 0.293. The van der Waals surface area contributed by atoms with Crippen LogP contribution in [0.3, 0.4) is 0 Å². The van der Waals surface area contributed by atoms with Crippen LogP contribution in [0.15, 0.2) is 24.3 Å². The highest BCUT2D eigenvalue weighted by Gasteiger charge is 2.37. The molecule has 5 heteroatoms. The van der Waals surface area contributed by atoms with Gasteiger partial charge in [0.05, 0.1) is 11.6 Å². The summed E-state index contributed by atoms with van der Waals surface area (Å²) in [6, 6.07) is 7.64. The SMILES string of the molecule is Cc1cc2cccc([C@H](O)[C@H]3CCCN3C(=O)OC(C)(C)C)c2nc1C. The number of aryl methyl sites for hydroxylation is 2. The van der Waals surface area contributed by atoms with E-state index in [-0.39, 0.29) is 12.1 Å². The Labute approximate surface area is 155 Å². The van der Waals surface area contributed by atoms with E-state index >= 15 is 0 Å². The van der Waals surface area contributed by atoms with Crippen molar-refractivity contribution in [3.63, 3.8) is 0 Å². The molecule has 2 atom stereocenters. The maximum atomic E-state index is 12.5. The second kappa shape index (κ2) is 6.88. The van der Waals surface area contributed by atoms with Crippen LogP contribution >= 0.6 is 0 Å². The lowest BCUT2D eigenvalue weighted by Gasteiger charge is -2.31. The first-order chi connectivity index (χ1) is 12.2. The molecule has 1 aliphatic rings. The van der Waals surface area contributed by atoms with Gasteiger partial charge in [-0.1, -0.05) is 18.2 Å². The summed E-state index contributed by atoms with van der Waals surface area (Å²) in [5, 5.41) is 12.1. The van der Waals surface area contributed by atoms with Gasteiger partial charge in [-0.2, -0.15) is 0 Å². The molecule has 1 aliphatic heterocycles. The Morgan fingerprint density at radius 2 is 2.08 bits per heavy atom. The summed E-state index contributed by atoms with van der Waals surface area (Å²) >= 11 is 0. The Morgan fingerprint density at radius 1 is 1.35 bits per heavy atom. The number of aliphatic hydroxyl groups excluding tert-OH is 1. The van der Waals surface area contributed by atoms with Gasteiger partial charge in [-0.25, -0.2) is 4.79 Å². The standard InChI is InChI=1S/C21H28N2O3/c1-13-12-15-8-6-9-16(18(15)22-14(13)2)19(24)17-10-7-11-23(17)20(25)26-21(3,4)5/h6,8-9,12,17,19,24H,7,10-11H2,1-5H3/t17-,19+/m1/s1. The normalized spacial score (nSPS) is 19.0. The molecule has 0 unspecified atom stereocenters. The van der Waals surface area contributed by atoms with Crippen LogP contribution in [0.4, 0.5) is 4.79 Å². The number of benzene rings is 1. The molecule has 0 saturated carbocycles. The van der Waals surface area contributed by atoms with Gasteiger partial charge in [0.15, 0.2) is 0 Å². The molecule has 1 aromatic carbocycles. The van der Waals surface area contributed by atoms with E-state index in [2.05, 4.69) is 6.07 Å². The molecule has 0 radical (unpaired) electrons. The van der Waals surface area contributed by atoms with Gasteiger partial charge in [0.1, 0.15) is 11.7 Å². The molecule has 1 saturated heterocycles. The van der Waals surface area contributed by atoms with Gasteiger partial charge in [-0.15, -0.1) is 0 Å². The number of hydrogen-bond donors (Lipinski definition) is 1. The Balaban J connectivity index is 1.93. The topological polar surface area (TPSA) is 62.7 Å². The molecule has 2 heterocycles. The molecule has 26 heavy (non-hydrogen) atoms. The number of carbonyl (C=O) groups is 1. The van der Waals surface area contributed by atoms with Gasteiger partial charge in [0, 0.05) is 23.2 Å². The van der Waals surface area contributed by atoms with Crippen LogP contribution in [-0.2, 0) is 4.74 Å². The highest BCUT2D eigenvalue weighted by Crippen LogP contribution is 2.34. The number of hydrogen-bond acceptors (Lipinski definition) is 4. The lowest BCUT2D eigenvalue weighted by atomic mass is 9.97. The van der Waals surface area contributed by atoms with Crippen LogP contribution in [0.25, 0.3) is 10.9 Å². The van der Waals surface area contributed by atoms with E-state index in [1.165, 1.54) is 0 Å². The Hall–Kier alpha value is -2.14. The summed E-state index contributed by atoms with van der Waals surface area (Å²) < 4.78 is 5.52. The predicted octanol–water partition coefficient (Wildman–Crippen LogP) is 4.28. The summed E-state index contributed by atoms with van der Waals surface area (Å²) in [4.78, 5) is 18.9. The number of amides is 1. The van der Waals surface area contributed by atoms with Gasteiger partial charge < -0.3 is 14.7 Å². The molecule has 1 amide bonds. The first kappa shape index (κ1) is 18.6. The number of aromatic nitrogens is 1. The fourth-order valence-electron chi connectivity index (χ4n) is 3.53. The zero-order chi connectivity index (χ0) is 19.1. The van der Waals surface area contributed by atoms with Gasteiger partial charge in [0.2, 0.25) is 0 Å². The summed E-state index contributed by atoms with van der Waals surface area (Å²) in [5.74, 6) is 0. The summed E-state index contributed by atoms with van der Waals surface area (Å²) in [7, 11) is 0. The van der Waals surface area contributed by atoms with E-state index < -0.39 is 11.7 Å². The van der Waals surface area contributed by atoms with Crippen molar-refractivity contribution in [3.05, 3.63) is 41.1 Å². The van der Waals surface area contributed by atoms with Gasteiger partial charge >= 0.3 is 6.09 Å². The van der Waals surface area contributed by atoms with Gasteiger partial charge in [0.25, 0.3) is 0 Å². The van der Waals surface area contributed by atoms with Crippen molar-refractivity contribution in [2.45, 2.75) is 65.2 Å². The summed E-state index contributed by atoms with van der Waals surface area (Å²) in [6.07, 6.45) is 0.460. The van der Waals surface area contributed by atoms with E-state index in [4.69, 9.17) is 9.72 Å². The maximum Gasteiger partial charge on any atom is 0.410 e. The van der Waals surface area contributed by atoms with Crippen molar-refractivity contribution in [2.75, 3.05) is 6.54 Å². The van der Waals surface area contributed by atoms with Crippen molar-refractivity contribution >= 4 is 17.0 Å². The molecule has 3 rings (SSSR count). The molecular formula is C21H28N2O3. The molecule has 0 aliphatic carbocycles. The predicted molar refractivity (Wildman–Crippen MR) is 102 cm³/mol. The molecule has 2 aromatic rings. The third-order valence-electron chi connectivity index (χ3n) is 4.93. The van der Waals surface area contributed by atoms with Crippen LogP contribution in [0.1, 0.15) is 56.5 Å².